The lowest BCUT2D eigenvalue weighted by atomic mass is 9.88. The molecule has 6 nitrogen and oxygen atoms in total. The lowest BCUT2D eigenvalue weighted by molar-refractivity contribution is -0.131. The number of benzene rings is 3. The lowest BCUT2D eigenvalue weighted by Crippen LogP contribution is -2.27. The van der Waals surface area contributed by atoms with Gasteiger partial charge in [0.25, 0.3) is 0 Å². The second-order valence-corrected chi connectivity index (χ2v) is 8.87. The van der Waals surface area contributed by atoms with Crippen LogP contribution >= 0.6 is 0 Å². The molecule has 0 aromatic heterocycles. The Morgan fingerprint density at radius 2 is 1.50 bits per heavy atom. The van der Waals surface area contributed by atoms with Crippen LogP contribution in [-0.4, -0.2) is 32.0 Å². The number of allylic oxidation sites excluding steroid dienone is 1. The predicted octanol–water partition coefficient (Wildman–Crippen LogP) is 6.09. The van der Waals surface area contributed by atoms with Crippen LogP contribution in [0.4, 0.5) is 0 Å². The Bertz CT molecular complexity index is 1210. The highest BCUT2D eigenvalue weighted by molar-refractivity contribution is 5.99. The topological polar surface area (TPSA) is 66.0 Å². The van der Waals surface area contributed by atoms with Gasteiger partial charge in [0.1, 0.15) is 18.1 Å². The van der Waals surface area contributed by atoms with E-state index in [0.717, 1.165) is 52.5 Å². The van der Waals surface area contributed by atoms with Gasteiger partial charge in [-0.05, 0) is 70.7 Å². The van der Waals surface area contributed by atoms with Crippen molar-refractivity contribution >= 4 is 17.1 Å². The van der Waals surface area contributed by atoms with E-state index in [0.29, 0.717) is 18.4 Å². The monoisotopic (exact) mass is 487 g/mol. The number of hydrogen-bond donors (Lipinski definition) is 1. The number of carbonyl (C=O) groups is 1. The van der Waals surface area contributed by atoms with Crippen molar-refractivity contribution in [3.8, 4) is 23.0 Å². The molecule has 0 atom stereocenters. The minimum atomic E-state index is -0.340. The smallest absolute Gasteiger partial charge is 0.308 e. The summed E-state index contributed by atoms with van der Waals surface area (Å²) in [7, 11) is 0. The third kappa shape index (κ3) is 6.26. The zero-order chi connectivity index (χ0) is 25.5. The van der Waals surface area contributed by atoms with Crippen LogP contribution in [0.3, 0.4) is 0 Å². The fourth-order valence-electron chi connectivity index (χ4n) is 4.21. The van der Waals surface area contributed by atoms with Gasteiger partial charge < -0.3 is 24.3 Å². The summed E-state index contributed by atoms with van der Waals surface area (Å²) in [4.78, 5) is 11.4. The average Bonchev–Trinajstić information content (AvgIpc) is 3.34. The molecular weight excluding hydrogens is 454 g/mol. The van der Waals surface area contributed by atoms with Crippen LogP contribution < -0.4 is 24.3 Å². The van der Waals surface area contributed by atoms with Gasteiger partial charge in [0.2, 0.25) is 6.79 Å². The fraction of sp³-hybridized carbons (Fsp3) is 0.300. The van der Waals surface area contributed by atoms with E-state index in [2.05, 4.69) is 44.3 Å². The van der Waals surface area contributed by atoms with Gasteiger partial charge in [0.15, 0.2) is 11.5 Å². The zero-order valence-electron chi connectivity index (χ0n) is 21.3. The third-order valence-corrected chi connectivity index (χ3v) is 5.85. The largest absolute Gasteiger partial charge is 0.492 e. The van der Waals surface area contributed by atoms with Crippen molar-refractivity contribution in [3.05, 3.63) is 83.4 Å². The van der Waals surface area contributed by atoms with Crippen LogP contribution in [0.2, 0.25) is 0 Å². The molecule has 3 aromatic carbocycles. The third-order valence-electron chi connectivity index (χ3n) is 5.85. The molecule has 0 saturated heterocycles. The number of rotatable bonds is 10. The van der Waals surface area contributed by atoms with Crippen molar-refractivity contribution < 1.29 is 23.7 Å². The summed E-state index contributed by atoms with van der Waals surface area (Å²) in [5.74, 6) is 2.52. The summed E-state index contributed by atoms with van der Waals surface area (Å²) in [5.41, 5.74) is 5.43. The first-order valence-electron chi connectivity index (χ1n) is 12.3. The van der Waals surface area contributed by atoms with Crippen LogP contribution in [0.5, 0.6) is 23.0 Å². The molecule has 1 heterocycles. The standard InChI is InChI=1S/C30H33NO5/c1-5-27(24-10-15-28-29(18-24)35-19-34-28)30(23-8-13-26(14-9-23)36-21(4)32)22-6-11-25(12-7-22)33-17-16-31-20(2)3/h6-15,18,20,31H,5,16-17,19H2,1-4H3/b30-27+. The molecule has 0 amide bonds. The number of fused-ring (bicyclic) bond motifs is 1. The molecule has 188 valence electrons. The summed E-state index contributed by atoms with van der Waals surface area (Å²) >= 11 is 0. The van der Waals surface area contributed by atoms with Crippen LogP contribution in [0.15, 0.2) is 66.7 Å². The Kier molecular flexibility index (Phi) is 8.28. The predicted molar refractivity (Wildman–Crippen MR) is 142 cm³/mol. The van der Waals surface area contributed by atoms with E-state index in [1.165, 1.54) is 12.5 Å². The summed E-state index contributed by atoms with van der Waals surface area (Å²) in [6.07, 6.45) is 0.805. The first kappa shape index (κ1) is 25.3. The first-order valence-corrected chi connectivity index (χ1v) is 12.3. The maximum atomic E-state index is 11.4. The molecule has 6 heteroatoms. The summed E-state index contributed by atoms with van der Waals surface area (Å²) in [6, 6.07) is 22.3. The minimum Gasteiger partial charge on any atom is -0.492 e. The molecule has 0 radical (unpaired) electrons. The van der Waals surface area contributed by atoms with Crippen LogP contribution in [0, 0.1) is 0 Å². The summed E-state index contributed by atoms with van der Waals surface area (Å²) in [5, 5.41) is 3.36. The van der Waals surface area contributed by atoms with E-state index in [9.17, 15) is 4.79 Å². The van der Waals surface area contributed by atoms with Gasteiger partial charge in [-0.15, -0.1) is 0 Å². The minimum absolute atomic E-state index is 0.239. The molecule has 3 aromatic rings. The van der Waals surface area contributed by atoms with E-state index in [1.54, 1.807) is 0 Å². The SMILES string of the molecule is CC/C(=C(/c1ccc(OCCNC(C)C)cc1)c1ccc(OC(C)=O)cc1)c1ccc2c(c1)OCO2. The molecule has 4 rings (SSSR count). The average molecular weight is 488 g/mol. The van der Waals surface area contributed by atoms with Crippen molar-refractivity contribution in [2.75, 3.05) is 19.9 Å². The zero-order valence-corrected chi connectivity index (χ0v) is 21.3. The summed E-state index contributed by atoms with van der Waals surface area (Å²) < 4.78 is 22.3. The highest BCUT2D eigenvalue weighted by Gasteiger charge is 2.18. The molecular formula is C30H33NO5. The van der Waals surface area contributed by atoms with E-state index < -0.39 is 0 Å². The second kappa shape index (κ2) is 11.8. The molecule has 1 N–H and O–H groups in total. The lowest BCUT2D eigenvalue weighted by Gasteiger charge is -2.17. The Labute approximate surface area is 212 Å². The highest BCUT2D eigenvalue weighted by Crippen LogP contribution is 2.40. The molecule has 0 saturated carbocycles. The molecule has 0 fully saturated rings. The molecule has 1 aliphatic rings. The highest BCUT2D eigenvalue weighted by atomic mass is 16.7. The number of ether oxygens (including phenoxy) is 4. The Morgan fingerprint density at radius 1 is 0.889 bits per heavy atom. The van der Waals surface area contributed by atoms with Gasteiger partial charge in [0, 0.05) is 19.5 Å². The van der Waals surface area contributed by atoms with Crippen molar-refractivity contribution in [3.63, 3.8) is 0 Å². The summed E-state index contributed by atoms with van der Waals surface area (Å²) in [6.45, 7) is 9.42. The number of nitrogens with one attached hydrogen (secondary N) is 1. The van der Waals surface area contributed by atoms with Gasteiger partial charge in [-0.2, -0.15) is 0 Å². The van der Waals surface area contributed by atoms with E-state index in [-0.39, 0.29) is 12.8 Å². The van der Waals surface area contributed by atoms with Gasteiger partial charge in [0.05, 0.1) is 0 Å². The number of esters is 1. The molecule has 0 bridgehead atoms. The normalized spacial score (nSPS) is 12.9. The maximum absolute atomic E-state index is 11.4. The Hall–Kier alpha value is -3.77. The van der Waals surface area contributed by atoms with Gasteiger partial charge in [-0.3, -0.25) is 4.79 Å². The molecule has 0 aliphatic carbocycles. The first-order chi connectivity index (χ1) is 17.4. The molecule has 1 aliphatic heterocycles. The Morgan fingerprint density at radius 3 is 2.11 bits per heavy atom. The van der Waals surface area contributed by atoms with Crippen molar-refractivity contribution in [2.24, 2.45) is 0 Å². The van der Waals surface area contributed by atoms with Crippen molar-refractivity contribution in [1.29, 1.82) is 0 Å². The maximum Gasteiger partial charge on any atom is 0.308 e. The van der Waals surface area contributed by atoms with E-state index >= 15 is 0 Å². The number of carbonyl (C=O) groups excluding carboxylic acids is 1. The quantitative estimate of drug-likeness (QED) is 0.162. The van der Waals surface area contributed by atoms with Crippen LogP contribution in [0.25, 0.3) is 11.1 Å². The fourth-order valence-corrected chi connectivity index (χ4v) is 4.21. The molecule has 36 heavy (non-hydrogen) atoms. The van der Waals surface area contributed by atoms with Crippen LogP contribution in [0.1, 0.15) is 50.8 Å². The van der Waals surface area contributed by atoms with Gasteiger partial charge >= 0.3 is 5.97 Å². The van der Waals surface area contributed by atoms with E-state index in [1.807, 2.05) is 48.5 Å². The second-order valence-electron chi connectivity index (χ2n) is 8.87. The Balaban J connectivity index is 1.71. The van der Waals surface area contributed by atoms with E-state index in [4.69, 9.17) is 18.9 Å². The molecule has 0 unspecified atom stereocenters. The van der Waals surface area contributed by atoms with Gasteiger partial charge in [-0.1, -0.05) is 51.1 Å². The van der Waals surface area contributed by atoms with Crippen molar-refractivity contribution in [1.82, 2.24) is 5.32 Å². The van der Waals surface area contributed by atoms with Gasteiger partial charge in [-0.25, -0.2) is 0 Å². The molecule has 0 spiro atoms. The van der Waals surface area contributed by atoms with Crippen LogP contribution in [-0.2, 0) is 4.79 Å². The number of hydrogen-bond acceptors (Lipinski definition) is 6. The van der Waals surface area contributed by atoms with Crippen molar-refractivity contribution in [2.45, 2.75) is 40.2 Å².